The average molecular weight is 426 g/mol. The van der Waals surface area contributed by atoms with Crippen LogP contribution in [0.5, 0.6) is 0 Å². The van der Waals surface area contributed by atoms with Crippen LogP contribution in [0.1, 0.15) is 38.3 Å². The van der Waals surface area contributed by atoms with Gasteiger partial charge in [0.05, 0.1) is 6.04 Å². The topological polar surface area (TPSA) is 83.7 Å². The van der Waals surface area contributed by atoms with Crippen LogP contribution < -0.4 is 15.5 Å². The van der Waals surface area contributed by atoms with Crippen LogP contribution in [0, 0.1) is 0 Å². The molecule has 2 aromatic rings. The lowest BCUT2D eigenvalue weighted by atomic mass is 9.89. The predicted molar refractivity (Wildman–Crippen MR) is 118 cm³/mol. The Balaban J connectivity index is 2.09. The summed E-state index contributed by atoms with van der Waals surface area (Å²) in [6.07, 6.45) is 2.94. The minimum atomic E-state index is -0.684. The minimum Gasteiger partial charge on any atom is -0.404 e. The fraction of sp³-hybridized carbons (Fsp3) is 0.261. The minimum absolute atomic E-state index is 0.0359. The lowest BCUT2D eigenvalue weighted by molar-refractivity contribution is -0.133. The van der Waals surface area contributed by atoms with Crippen molar-refractivity contribution in [2.45, 2.75) is 38.8 Å². The summed E-state index contributed by atoms with van der Waals surface area (Å²) in [6, 6.07) is 13.9. The summed E-state index contributed by atoms with van der Waals surface area (Å²) in [5.74, 6) is -1.36. The maximum atomic E-state index is 13.0. The molecule has 0 aromatic heterocycles. The van der Waals surface area contributed by atoms with Crippen LogP contribution in [0.4, 0.5) is 11.4 Å². The molecule has 7 heteroatoms. The molecule has 0 radical (unpaired) electrons. The highest BCUT2D eigenvalue weighted by molar-refractivity contribution is 6.45. The van der Waals surface area contributed by atoms with Crippen LogP contribution in [0.15, 0.2) is 60.8 Å². The number of para-hydroxylation sites is 1. The quantitative estimate of drug-likeness (QED) is 0.579. The molecule has 0 saturated carbocycles. The van der Waals surface area contributed by atoms with Crippen LogP contribution >= 0.6 is 11.6 Å². The number of ketones is 1. The van der Waals surface area contributed by atoms with Gasteiger partial charge in [0.2, 0.25) is 11.7 Å². The highest BCUT2D eigenvalue weighted by atomic mass is 35.5. The lowest BCUT2D eigenvalue weighted by Crippen LogP contribution is -2.49. The SMILES string of the molecule is CCC(=O)N(c1ccc(Cl)cc1)C1CC(C)N(C(=O)C(=O)C=CN)c2ccccc21. The normalized spacial score (nSPS) is 18.2. The van der Waals surface area contributed by atoms with E-state index >= 15 is 0 Å². The van der Waals surface area contributed by atoms with Gasteiger partial charge in [-0.05, 0) is 55.4 Å². The second kappa shape index (κ2) is 9.13. The Morgan fingerprint density at radius 2 is 1.83 bits per heavy atom. The van der Waals surface area contributed by atoms with Crippen molar-refractivity contribution < 1.29 is 14.4 Å². The van der Waals surface area contributed by atoms with Crippen molar-refractivity contribution in [3.8, 4) is 0 Å². The van der Waals surface area contributed by atoms with Gasteiger partial charge in [-0.2, -0.15) is 0 Å². The highest BCUT2D eigenvalue weighted by Crippen LogP contribution is 2.42. The van der Waals surface area contributed by atoms with E-state index in [9.17, 15) is 14.4 Å². The molecule has 0 fully saturated rings. The Bertz CT molecular complexity index is 987. The number of carbonyl (C=O) groups excluding carboxylic acids is 3. The molecule has 1 aliphatic rings. The molecular weight excluding hydrogens is 402 g/mol. The van der Waals surface area contributed by atoms with Crippen molar-refractivity contribution in [2.24, 2.45) is 5.73 Å². The fourth-order valence-corrected chi connectivity index (χ4v) is 4.01. The van der Waals surface area contributed by atoms with Crippen LogP contribution in [-0.2, 0) is 14.4 Å². The molecule has 3 rings (SSSR count). The zero-order chi connectivity index (χ0) is 21.8. The average Bonchev–Trinajstić information content (AvgIpc) is 2.75. The van der Waals surface area contributed by atoms with Gasteiger partial charge >= 0.3 is 0 Å². The first kappa shape index (κ1) is 21.6. The van der Waals surface area contributed by atoms with E-state index < -0.39 is 11.7 Å². The maximum Gasteiger partial charge on any atom is 0.299 e. The van der Waals surface area contributed by atoms with Gasteiger partial charge in [-0.15, -0.1) is 0 Å². The number of benzene rings is 2. The predicted octanol–water partition coefficient (Wildman–Crippen LogP) is 3.99. The van der Waals surface area contributed by atoms with Crippen LogP contribution in [0.3, 0.4) is 0 Å². The Kier molecular flexibility index (Phi) is 6.57. The summed E-state index contributed by atoms with van der Waals surface area (Å²) in [5.41, 5.74) is 7.45. The molecule has 0 aliphatic carbocycles. The second-order valence-electron chi connectivity index (χ2n) is 7.15. The molecule has 1 heterocycles. The van der Waals surface area contributed by atoms with E-state index in [1.165, 1.54) is 4.90 Å². The Morgan fingerprint density at radius 3 is 2.47 bits per heavy atom. The highest BCUT2D eigenvalue weighted by Gasteiger charge is 2.39. The van der Waals surface area contributed by atoms with E-state index in [0.717, 1.165) is 23.5 Å². The molecule has 2 unspecified atom stereocenters. The van der Waals surface area contributed by atoms with Crippen molar-refractivity contribution >= 4 is 40.6 Å². The summed E-state index contributed by atoms with van der Waals surface area (Å²) in [5, 5.41) is 0.586. The van der Waals surface area contributed by atoms with Crippen molar-refractivity contribution in [2.75, 3.05) is 9.80 Å². The fourth-order valence-electron chi connectivity index (χ4n) is 3.88. The van der Waals surface area contributed by atoms with Crippen LogP contribution in [0.25, 0.3) is 0 Å². The molecule has 2 atom stereocenters. The number of carbonyl (C=O) groups is 3. The van der Waals surface area contributed by atoms with Crippen molar-refractivity contribution in [1.82, 2.24) is 0 Å². The van der Waals surface area contributed by atoms with Crippen LogP contribution in [-0.4, -0.2) is 23.6 Å². The lowest BCUT2D eigenvalue weighted by Gasteiger charge is -2.43. The number of rotatable bonds is 5. The van der Waals surface area contributed by atoms with E-state index in [1.807, 2.05) is 44.2 Å². The van der Waals surface area contributed by atoms with Gasteiger partial charge in [-0.25, -0.2) is 0 Å². The zero-order valence-corrected chi connectivity index (χ0v) is 17.7. The van der Waals surface area contributed by atoms with Gasteiger partial charge in [0.25, 0.3) is 5.91 Å². The summed E-state index contributed by atoms with van der Waals surface area (Å²) in [4.78, 5) is 41.2. The number of hydrogen-bond donors (Lipinski definition) is 1. The van der Waals surface area contributed by atoms with E-state index in [-0.39, 0.29) is 18.0 Å². The second-order valence-corrected chi connectivity index (χ2v) is 7.59. The first-order valence-corrected chi connectivity index (χ1v) is 10.2. The van der Waals surface area contributed by atoms with Crippen molar-refractivity contribution in [1.29, 1.82) is 0 Å². The molecule has 30 heavy (non-hydrogen) atoms. The summed E-state index contributed by atoms with van der Waals surface area (Å²) >= 11 is 6.04. The van der Waals surface area contributed by atoms with Gasteiger partial charge in [-0.3, -0.25) is 14.4 Å². The molecule has 156 valence electrons. The van der Waals surface area contributed by atoms with E-state index in [4.69, 9.17) is 17.3 Å². The molecule has 1 aliphatic heterocycles. The van der Waals surface area contributed by atoms with Gasteiger partial charge in [-0.1, -0.05) is 36.7 Å². The first-order valence-electron chi connectivity index (χ1n) is 9.81. The van der Waals surface area contributed by atoms with Gasteiger partial charge < -0.3 is 15.5 Å². The number of hydrogen-bond acceptors (Lipinski definition) is 4. The van der Waals surface area contributed by atoms with Crippen LogP contribution in [0.2, 0.25) is 5.02 Å². The maximum absolute atomic E-state index is 13.0. The summed E-state index contributed by atoms with van der Waals surface area (Å²) in [7, 11) is 0. The van der Waals surface area contributed by atoms with Gasteiger partial charge in [0.1, 0.15) is 0 Å². The third-order valence-electron chi connectivity index (χ3n) is 5.23. The van der Waals surface area contributed by atoms with E-state index in [0.29, 0.717) is 23.6 Å². The molecule has 6 nitrogen and oxygen atoms in total. The Labute approximate surface area is 180 Å². The first-order chi connectivity index (χ1) is 14.4. The standard InChI is InChI=1S/C23H24ClN3O3/c1-3-22(29)27(17-10-8-16(24)9-11-17)20-14-15(2)26(23(30)21(28)12-13-25)19-7-5-4-6-18(19)20/h4-13,15,20H,3,14,25H2,1-2H3. The smallest absolute Gasteiger partial charge is 0.299 e. The van der Waals surface area contributed by atoms with Crippen molar-refractivity contribution in [3.05, 3.63) is 71.4 Å². The molecular formula is C23H24ClN3O3. The van der Waals surface area contributed by atoms with Gasteiger partial charge in [0.15, 0.2) is 0 Å². The monoisotopic (exact) mass is 425 g/mol. The summed E-state index contributed by atoms with van der Waals surface area (Å²) in [6.45, 7) is 3.69. The summed E-state index contributed by atoms with van der Waals surface area (Å²) < 4.78 is 0. The zero-order valence-electron chi connectivity index (χ0n) is 16.9. The third-order valence-corrected chi connectivity index (χ3v) is 5.48. The van der Waals surface area contributed by atoms with E-state index in [1.54, 1.807) is 23.1 Å². The molecule has 0 bridgehead atoms. The number of halogens is 1. The number of nitrogens with zero attached hydrogens (tertiary/aromatic N) is 2. The molecule has 2 aromatic carbocycles. The largest absolute Gasteiger partial charge is 0.404 e. The molecule has 2 amide bonds. The van der Waals surface area contributed by atoms with Gasteiger partial charge in [0, 0.05) is 34.9 Å². The molecule has 2 N–H and O–H groups in total. The van der Waals surface area contributed by atoms with Crippen molar-refractivity contribution in [3.63, 3.8) is 0 Å². The van der Waals surface area contributed by atoms with E-state index in [2.05, 4.69) is 0 Å². The Hall–Kier alpha value is -3.12. The third kappa shape index (κ3) is 4.09. The Morgan fingerprint density at radius 1 is 1.17 bits per heavy atom. The number of amides is 2. The number of anilines is 2. The number of nitrogens with two attached hydrogens (primary N) is 1. The molecule has 0 saturated heterocycles. The molecule has 0 spiro atoms. The number of fused-ring (bicyclic) bond motifs is 1.